The van der Waals surface area contributed by atoms with Crippen LogP contribution in [0.4, 0.5) is 0 Å². The monoisotopic (exact) mass is 353 g/mol. The zero-order valence-corrected chi connectivity index (χ0v) is 14.1. The van der Waals surface area contributed by atoms with E-state index in [1.54, 1.807) is 30.5 Å². The Labute approximate surface area is 151 Å². The zero-order valence-electron chi connectivity index (χ0n) is 14.1. The highest BCUT2D eigenvalue weighted by Crippen LogP contribution is 2.22. The molecular weight excluding hydrogens is 333 g/mol. The minimum absolute atomic E-state index is 0.188. The van der Waals surface area contributed by atoms with E-state index in [-0.39, 0.29) is 13.0 Å². The molecule has 6 nitrogen and oxygen atoms in total. The molecule has 0 aliphatic heterocycles. The van der Waals surface area contributed by atoms with Crippen molar-refractivity contribution < 1.29 is 24.4 Å². The van der Waals surface area contributed by atoms with E-state index in [0.717, 1.165) is 10.9 Å². The molecule has 2 aromatic carbocycles. The maximum atomic E-state index is 12.6. The first-order chi connectivity index (χ1) is 12.6. The molecule has 3 aromatic rings. The van der Waals surface area contributed by atoms with Gasteiger partial charge in [0.1, 0.15) is 5.58 Å². The van der Waals surface area contributed by atoms with Gasteiger partial charge in [0.2, 0.25) is 5.91 Å². The number of para-hydroxylation sites is 1. The Morgan fingerprint density at radius 2 is 1.77 bits per heavy atom. The number of aliphatic hydroxyl groups is 1. The fourth-order valence-corrected chi connectivity index (χ4v) is 2.97. The van der Waals surface area contributed by atoms with E-state index in [2.05, 4.69) is 5.32 Å². The Morgan fingerprint density at radius 1 is 1.08 bits per heavy atom. The number of benzene rings is 2. The van der Waals surface area contributed by atoms with Gasteiger partial charge in [-0.25, -0.2) is 0 Å². The highest BCUT2D eigenvalue weighted by molar-refractivity contribution is 6.43. The molecule has 0 radical (unpaired) electrons. The molecule has 0 aliphatic carbocycles. The van der Waals surface area contributed by atoms with E-state index in [4.69, 9.17) is 4.42 Å². The summed E-state index contributed by atoms with van der Waals surface area (Å²) in [6, 6.07) is 16.3. The largest absolute Gasteiger partial charge is 0.475 e. The second-order valence-electron chi connectivity index (χ2n) is 6.14. The van der Waals surface area contributed by atoms with E-state index in [0.29, 0.717) is 11.1 Å². The summed E-state index contributed by atoms with van der Waals surface area (Å²) in [5.74, 6) is -2.18. The number of carbonyl (C=O) groups excluding carboxylic acids is 1. The van der Waals surface area contributed by atoms with Crippen molar-refractivity contribution in [3.8, 4) is 0 Å². The number of hydrogen-bond donors (Lipinski definition) is 4. The molecule has 0 spiro atoms. The van der Waals surface area contributed by atoms with Crippen molar-refractivity contribution in [2.45, 2.75) is 18.3 Å². The van der Waals surface area contributed by atoms with E-state index in [1.165, 1.54) is 0 Å². The molecular formula is C19H20BNO5. The van der Waals surface area contributed by atoms with Gasteiger partial charge in [-0.3, -0.25) is 4.79 Å². The lowest BCUT2D eigenvalue weighted by atomic mass is 9.75. The molecule has 0 bridgehead atoms. The smallest absolute Gasteiger partial charge is 0.464 e. The maximum absolute atomic E-state index is 12.6. The van der Waals surface area contributed by atoms with Gasteiger partial charge in [-0.1, -0.05) is 48.5 Å². The average molecular weight is 353 g/mol. The van der Waals surface area contributed by atoms with Gasteiger partial charge in [0.15, 0.2) is 0 Å². The lowest BCUT2D eigenvalue weighted by Gasteiger charge is -2.21. The predicted molar refractivity (Wildman–Crippen MR) is 98.3 cm³/mol. The molecule has 7 heteroatoms. The summed E-state index contributed by atoms with van der Waals surface area (Å²) in [7, 11) is -1.75. The highest BCUT2D eigenvalue weighted by atomic mass is 16.4. The van der Waals surface area contributed by atoms with Gasteiger partial charge in [0, 0.05) is 5.39 Å². The summed E-state index contributed by atoms with van der Waals surface area (Å²) < 4.78 is 5.46. The Bertz CT molecular complexity index is 865. The van der Waals surface area contributed by atoms with Crippen LogP contribution in [0.2, 0.25) is 0 Å². The summed E-state index contributed by atoms with van der Waals surface area (Å²) >= 11 is 0. The number of furan rings is 1. The second-order valence-corrected chi connectivity index (χ2v) is 6.14. The van der Waals surface area contributed by atoms with Crippen LogP contribution in [0, 0.1) is 0 Å². The molecule has 0 unspecified atom stereocenters. The van der Waals surface area contributed by atoms with Crippen molar-refractivity contribution in [2.24, 2.45) is 0 Å². The van der Waals surface area contributed by atoms with Crippen molar-refractivity contribution in [3.63, 3.8) is 0 Å². The zero-order chi connectivity index (χ0) is 18.5. The number of fused-ring (bicyclic) bond motifs is 1. The highest BCUT2D eigenvalue weighted by Gasteiger charge is 2.30. The quantitative estimate of drug-likeness (QED) is 0.479. The minimum atomic E-state index is -1.75. The normalized spacial score (nSPS) is 13.3. The molecule has 4 N–H and O–H groups in total. The Kier molecular flexibility index (Phi) is 5.73. The molecule has 1 heterocycles. The van der Waals surface area contributed by atoms with Crippen LogP contribution in [0.3, 0.4) is 0 Å². The van der Waals surface area contributed by atoms with Crippen LogP contribution >= 0.6 is 0 Å². The van der Waals surface area contributed by atoms with Crippen LogP contribution in [0.25, 0.3) is 11.0 Å². The molecule has 2 atom stereocenters. The van der Waals surface area contributed by atoms with Crippen molar-refractivity contribution in [1.82, 2.24) is 5.32 Å². The molecule has 26 heavy (non-hydrogen) atoms. The van der Waals surface area contributed by atoms with Crippen LogP contribution in [-0.4, -0.2) is 40.7 Å². The number of hydrogen-bond acceptors (Lipinski definition) is 5. The summed E-state index contributed by atoms with van der Waals surface area (Å²) in [6.07, 6.45) is 1.74. The van der Waals surface area contributed by atoms with E-state index in [1.807, 2.05) is 30.3 Å². The van der Waals surface area contributed by atoms with Crippen LogP contribution in [0.1, 0.15) is 17.0 Å². The molecule has 3 rings (SSSR count). The third-order valence-corrected chi connectivity index (χ3v) is 4.39. The minimum Gasteiger partial charge on any atom is -0.464 e. The van der Waals surface area contributed by atoms with Crippen LogP contribution < -0.4 is 5.32 Å². The first kappa shape index (κ1) is 18.2. The first-order valence-electron chi connectivity index (χ1n) is 8.37. The van der Waals surface area contributed by atoms with E-state index in [9.17, 15) is 19.9 Å². The van der Waals surface area contributed by atoms with Crippen molar-refractivity contribution in [1.29, 1.82) is 0 Å². The molecule has 0 fully saturated rings. The third-order valence-electron chi connectivity index (χ3n) is 4.39. The lowest BCUT2D eigenvalue weighted by molar-refractivity contribution is -0.123. The van der Waals surface area contributed by atoms with Crippen molar-refractivity contribution in [3.05, 3.63) is 72.0 Å². The molecule has 134 valence electrons. The Balaban J connectivity index is 1.77. The Hall–Kier alpha value is -2.61. The van der Waals surface area contributed by atoms with Gasteiger partial charge in [-0.2, -0.15) is 0 Å². The number of carbonyl (C=O) groups is 1. The van der Waals surface area contributed by atoms with Crippen molar-refractivity contribution >= 4 is 24.0 Å². The van der Waals surface area contributed by atoms with E-state index >= 15 is 0 Å². The van der Waals surface area contributed by atoms with Crippen LogP contribution in [0.5, 0.6) is 0 Å². The molecule has 0 saturated heterocycles. The summed E-state index contributed by atoms with van der Waals surface area (Å²) in [5.41, 5.74) is 2.12. The Morgan fingerprint density at radius 3 is 2.46 bits per heavy atom. The number of amides is 1. The topological polar surface area (TPSA) is 103 Å². The lowest BCUT2D eigenvalue weighted by Crippen LogP contribution is -2.49. The van der Waals surface area contributed by atoms with Gasteiger partial charge in [0.05, 0.1) is 24.7 Å². The fourth-order valence-electron chi connectivity index (χ4n) is 2.97. The van der Waals surface area contributed by atoms with Crippen LogP contribution in [0.15, 0.2) is 65.3 Å². The van der Waals surface area contributed by atoms with Crippen molar-refractivity contribution in [2.75, 3.05) is 6.61 Å². The van der Waals surface area contributed by atoms with Gasteiger partial charge < -0.3 is 24.9 Å². The number of rotatable bonds is 7. The molecule has 0 aliphatic rings. The van der Waals surface area contributed by atoms with Gasteiger partial charge in [-0.15, -0.1) is 0 Å². The van der Waals surface area contributed by atoms with Gasteiger partial charge in [-0.05, 0) is 23.6 Å². The van der Waals surface area contributed by atoms with Gasteiger partial charge >= 0.3 is 7.12 Å². The number of nitrogens with one attached hydrogen (secondary N) is 1. The summed E-state index contributed by atoms with van der Waals surface area (Å²) in [4.78, 5) is 12.6. The average Bonchev–Trinajstić information content (AvgIpc) is 3.06. The molecule has 1 amide bonds. The second kappa shape index (κ2) is 8.18. The maximum Gasteiger partial charge on any atom is 0.475 e. The third kappa shape index (κ3) is 3.96. The fraction of sp³-hybridized carbons (Fsp3) is 0.211. The summed E-state index contributed by atoms with van der Waals surface area (Å²) in [5, 5.41) is 32.5. The molecule has 0 saturated carbocycles. The predicted octanol–water partition coefficient (Wildman–Crippen LogP) is 1.25. The first-order valence-corrected chi connectivity index (χ1v) is 8.37. The summed E-state index contributed by atoms with van der Waals surface area (Å²) in [6.45, 7) is -0.376. The van der Waals surface area contributed by atoms with Crippen LogP contribution in [-0.2, 0) is 11.2 Å². The molecule has 1 aromatic heterocycles. The SMILES string of the molecule is O=C(N[C@@H](Cc1coc2ccccc12)B(O)O)[C@H](CO)c1ccccc1. The van der Waals surface area contributed by atoms with E-state index < -0.39 is 24.9 Å². The number of aliphatic hydroxyl groups excluding tert-OH is 1. The van der Waals surface area contributed by atoms with Gasteiger partial charge in [0.25, 0.3) is 0 Å². The standard InChI is InChI=1S/C19H20BNO5/c22-11-16(13-6-2-1-3-7-13)19(23)21-18(20(24)25)10-14-12-26-17-9-5-4-8-15(14)17/h1-9,12,16,18,22,24-25H,10-11H2,(H,21,23)/t16-,18+/m1/s1.